The van der Waals surface area contributed by atoms with Gasteiger partial charge in [0.05, 0.1) is 0 Å². The average molecular weight is 457 g/mol. The number of hydrogen-bond donors (Lipinski definition) is 3. The summed E-state index contributed by atoms with van der Waals surface area (Å²) in [7, 11) is 2.16. The van der Waals surface area contributed by atoms with Gasteiger partial charge in [0.1, 0.15) is 0 Å². The molecule has 0 atom stereocenters. The minimum Gasteiger partial charge on any atom is -0.349 e. The number of amides is 2. The molecule has 0 bridgehead atoms. The lowest BCUT2D eigenvalue weighted by atomic mass is 9.77. The molecule has 1 aromatic carbocycles. The van der Waals surface area contributed by atoms with Crippen LogP contribution in [0.4, 0.5) is 0 Å². The van der Waals surface area contributed by atoms with Crippen molar-refractivity contribution in [1.82, 2.24) is 20.9 Å². The smallest absolute Gasteiger partial charge is 0.251 e. The Morgan fingerprint density at radius 3 is 1.61 bits per heavy atom. The fourth-order valence-corrected chi connectivity index (χ4v) is 6.24. The molecule has 3 rings (SSSR count). The van der Waals surface area contributed by atoms with Crippen LogP contribution in [0.1, 0.15) is 102 Å². The standard InChI is InChI=1S/C27H44N4O2/c1-24(2)14-20(15-25(3,4)30-24)28-22(32)18-11-10-12-19(13-18)23(33)29-21-16-26(5,6)31(9)27(7,8)17-21/h10-13,20-21,30H,14-17H2,1-9H3,(H,28,32)(H,29,33). The number of piperidine rings is 2. The van der Waals surface area contributed by atoms with Crippen molar-refractivity contribution in [1.29, 1.82) is 0 Å². The van der Waals surface area contributed by atoms with Crippen LogP contribution in [0.2, 0.25) is 0 Å². The van der Waals surface area contributed by atoms with E-state index < -0.39 is 0 Å². The number of carbonyl (C=O) groups excluding carboxylic acids is 2. The molecule has 33 heavy (non-hydrogen) atoms. The fourth-order valence-electron chi connectivity index (χ4n) is 6.24. The van der Waals surface area contributed by atoms with Gasteiger partial charge in [-0.05, 0) is 106 Å². The summed E-state index contributed by atoms with van der Waals surface area (Å²) in [6.07, 6.45) is 3.51. The van der Waals surface area contributed by atoms with Crippen LogP contribution in [0.15, 0.2) is 24.3 Å². The Balaban J connectivity index is 1.68. The van der Waals surface area contributed by atoms with E-state index in [1.807, 2.05) is 0 Å². The van der Waals surface area contributed by atoms with E-state index in [0.717, 1.165) is 25.7 Å². The van der Waals surface area contributed by atoms with Crippen molar-refractivity contribution in [2.24, 2.45) is 0 Å². The number of rotatable bonds is 4. The number of nitrogens with one attached hydrogen (secondary N) is 3. The normalized spacial score (nSPS) is 24.8. The Hall–Kier alpha value is -1.92. The summed E-state index contributed by atoms with van der Waals surface area (Å²) in [4.78, 5) is 28.5. The Morgan fingerprint density at radius 1 is 0.788 bits per heavy atom. The lowest BCUT2D eigenvalue weighted by Crippen LogP contribution is -2.62. The molecule has 6 heteroatoms. The zero-order chi connectivity index (χ0) is 24.8. The van der Waals surface area contributed by atoms with E-state index in [0.29, 0.717) is 11.1 Å². The molecule has 1 aromatic rings. The molecule has 2 saturated heterocycles. The van der Waals surface area contributed by atoms with Crippen molar-refractivity contribution >= 4 is 11.8 Å². The molecule has 6 nitrogen and oxygen atoms in total. The van der Waals surface area contributed by atoms with Gasteiger partial charge in [-0.15, -0.1) is 0 Å². The van der Waals surface area contributed by atoms with Crippen LogP contribution in [0, 0.1) is 0 Å². The van der Waals surface area contributed by atoms with Gasteiger partial charge in [0.2, 0.25) is 0 Å². The van der Waals surface area contributed by atoms with Crippen LogP contribution in [0.3, 0.4) is 0 Å². The summed E-state index contributed by atoms with van der Waals surface area (Å²) in [6.45, 7) is 17.6. The Morgan fingerprint density at radius 2 is 1.18 bits per heavy atom. The van der Waals surface area contributed by atoms with Crippen LogP contribution < -0.4 is 16.0 Å². The molecule has 0 aliphatic carbocycles. The third kappa shape index (κ3) is 6.15. The zero-order valence-corrected chi connectivity index (χ0v) is 22.1. The predicted molar refractivity (Wildman–Crippen MR) is 135 cm³/mol. The van der Waals surface area contributed by atoms with E-state index in [4.69, 9.17) is 0 Å². The van der Waals surface area contributed by atoms with E-state index in [-0.39, 0.29) is 46.1 Å². The maximum absolute atomic E-state index is 13.1. The molecule has 2 aliphatic rings. The molecule has 184 valence electrons. The van der Waals surface area contributed by atoms with E-state index in [2.05, 4.69) is 83.3 Å². The Labute approximate surface area is 200 Å². The third-order valence-electron chi connectivity index (χ3n) is 7.56. The quantitative estimate of drug-likeness (QED) is 0.638. The highest BCUT2D eigenvalue weighted by Crippen LogP contribution is 2.37. The van der Waals surface area contributed by atoms with Crippen LogP contribution in [-0.4, -0.2) is 58.0 Å². The highest BCUT2D eigenvalue weighted by Gasteiger charge is 2.43. The van der Waals surface area contributed by atoms with E-state index >= 15 is 0 Å². The van der Waals surface area contributed by atoms with Crippen LogP contribution in [-0.2, 0) is 0 Å². The van der Waals surface area contributed by atoms with Crippen LogP contribution in [0.5, 0.6) is 0 Å². The number of hydrogen-bond acceptors (Lipinski definition) is 4. The van der Waals surface area contributed by atoms with Gasteiger partial charge in [-0.25, -0.2) is 0 Å². The average Bonchev–Trinajstić information content (AvgIpc) is 2.63. The first-order valence-electron chi connectivity index (χ1n) is 12.2. The summed E-state index contributed by atoms with van der Waals surface area (Å²) in [6, 6.07) is 7.26. The number of nitrogens with zero attached hydrogens (tertiary/aromatic N) is 1. The second-order valence-electron chi connectivity index (χ2n) is 12.8. The van der Waals surface area contributed by atoms with Gasteiger partial charge >= 0.3 is 0 Å². The minimum atomic E-state index is -0.121. The molecule has 2 amide bonds. The van der Waals surface area contributed by atoms with Gasteiger partial charge in [-0.3, -0.25) is 14.5 Å². The first kappa shape index (κ1) is 25.7. The van der Waals surface area contributed by atoms with Crippen molar-refractivity contribution in [3.8, 4) is 0 Å². The van der Waals surface area contributed by atoms with Gasteiger partial charge in [0, 0.05) is 45.4 Å². The highest BCUT2D eigenvalue weighted by atomic mass is 16.2. The minimum absolute atomic E-state index is 0.00214. The molecule has 0 aromatic heterocycles. The van der Waals surface area contributed by atoms with Crippen molar-refractivity contribution < 1.29 is 9.59 Å². The zero-order valence-electron chi connectivity index (χ0n) is 22.1. The van der Waals surface area contributed by atoms with Gasteiger partial charge < -0.3 is 16.0 Å². The second-order valence-corrected chi connectivity index (χ2v) is 12.8. The molecular weight excluding hydrogens is 412 g/mol. The second kappa shape index (κ2) is 8.70. The molecule has 2 aliphatic heterocycles. The van der Waals surface area contributed by atoms with Crippen molar-refractivity contribution in [2.45, 2.75) is 115 Å². The van der Waals surface area contributed by atoms with Crippen LogP contribution in [0.25, 0.3) is 0 Å². The first-order valence-corrected chi connectivity index (χ1v) is 12.2. The van der Waals surface area contributed by atoms with Gasteiger partial charge in [0.15, 0.2) is 0 Å². The summed E-state index contributed by atoms with van der Waals surface area (Å²) < 4.78 is 0. The van der Waals surface area contributed by atoms with Gasteiger partial charge in [-0.2, -0.15) is 0 Å². The Bertz CT molecular complexity index is 869. The molecule has 2 heterocycles. The van der Waals surface area contributed by atoms with Gasteiger partial charge in [0.25, 0.3) is 11.8 Å². The van der Waals surface area contributed by atoms with Crippen molar-refractivity contribution in [3.05, 3.63) is 35.4 Å². The Kier molecular flexibility index (Phi) is 6.77. The molecular formula is C27H44N4O2. The summed E-state index contributed by atoms with van der Waals surface area (Å²) in [5.74, 6) is -0.236. The van der Waals surface area contributed by atoms with E-state index in [9.17, 15) is 9.59 Å². The lowest BCUT2D eigenvalue weighted by Gasteiger charge is -2.53. The summed E-state index contributed by atoms with van der Waals surface area (Å²) >= 11 is 0. The number of benzene rings is 1. The SMILES string of the molecule is CN1C(C)(C)CC(NC(=O)c2cccc(C(=O)NC3CC(C)(C)NC(C)(C)C3)c2)CC1(C)C. The number of likely N-dealkylation sites (tertiary alicyclic amines) is 1. The largest absolute Gasteiger partial charge is 0.349 e. The van der Waals surface area contributed by atoms with E-state index in [1.165, 1.54) is 0 Å². The first-order chi connectivity index (χ1) is 15.0. The molecule has 3 N–H and O–H groups in total. The molecule has 0 unspecified atom stereocenters. The topological polar surface area (TPSA) is 73.5 Å². The summed E-state index contributed by atoms with van der Waals surface area (Å²) in [5.41, 5.74) is 0.966. The maximum Gasteiger partial charge on any atom is 0.251 e. The lowest BCUT2D eigenvalue weighted by molar-refractivity contribution is -0.0169. The summed E-state index contributed by atoms with van der Waals surface area (Å²) in [5, 5.41) is 10.1. The monoisotopic (exact) mass is 456 g/mol. The molecule has 0 saturated carbocycles. The number of carbonyl (C=O) groups is 2. The third-order valence-corrected chi connectivity index (χ3v) is 7.56. The molecule has 0 radical (unpaired) electrons. The van der Waals surface area contributed by atoms with Crippen molar-refractivity contribution in [2.75, 3.05) is 7.05 Å². The van der Waals surface area contributed by atoms with Crippen molar-refractivity contribution in [3.63, 3.8) is 0 Å². The van der Waals surface area contributed by atoms with E-state index in [1.54, 1.807) is 24.3 Å². The molecule has 2 fully saturated rings. The highest BCUT2D eigenvalue weighted by molar-refractivity contribution is 5.99. The fraction of sp³-hybridized carbons (Fsp3) is 0.704. The van der Waals surface area contributed by atoms with Crippen LogP contribution >= 0.6 is 0 Å². The maximum atomic E-state index is 13.1. The predicted octanol–water partition coefficient (Wildman–Crippen LogP) is 4.11. The van der Waals surface area contributed by atoms with Gasteiger partial charge in [-0.1, -0.05) is 6.07 Å². The molecule has 0 spiro atoms.